The van der Waals surface area contributed by atoms with Gasteiger partial charge in [-0.25, -0.2) is 9.80 Å². The highest BCUT2D eigenvalue weighted by Gasteiger charge is 2.26. The number of nitrogens with one attached hydrogen (secondary N) is 4. The molecule has 0 atom stereocenters. The summed E-state index contributed by atoms with van der Waals surface area (Å²) in [5.74, 6) is 0.414. The van der Waals surface area contributed by atoms with Gasteiger partial charge in [-0.05, 0) is 18.9 Å². The number of unbranched alkanes of at least 4 members (excludes halogenated alkanes) is 1. The summed E-state index contributed by atoms with van der Waals surface area (Å²) in [6.45, 7) is 5.75. The number of amides is 3. The van der Waals surface area contributed by atoms with Gasteiger partial charge in [0.15, 0.2) is 5.82 Å². The maximum atomic E-state index is 12.3. The molecule has 0 saturated carbocycles. The first-order valence-electron chi connectivity index (χ1n) is 9.26. The third kappa shape index (κ3) is 5.07. The second-order valence-electron chi connectivity index (χ2n) is 6.82. The Morgan fingerprint density at radius 2 is 2.15 bits per heavy atom. The molecule has 2 aromatic rings. The monoisotopic (exact) mass is 370 g/mol. The fourth-order valence-electron chi connectivity index (χ4n) is 3.07. The molecule has 8 heteroatoms. The second kappa shape index (κ2) is 8.68. The van der Waals surface area contributed by atoms with Gasteiger partial charge in [-0.2, -0.15) is 5.10 Å². The summed E-state index contributed by atoms with van der Waals surface area (Å²) in [5.41, 5.74) is 6.71. The molecule has 0 radical (unpaired) electrons. The van der Waals surface area contributed by atoms with Crippen LogP contribution in [0.1, 0.15) is 42.1 Å². The standard InChI is InChI=1S/C19H26N6O2/c1-3-4-8-20-19(27)24-25-11-15-16(12-25)22-23-18(15)21-17(26)10-14-7-5-6-13(2)9-14/h5-7,9H,3-4,8,10-12H2,1-2H3,(H2,20,24,27)(H2,21,22,23,26). The lowest BCUT2D eigenvalue weighted by Crippen LogP contribution is -2.45. The first-order chi connectivity index (χ1) is 13.0. The smallest absolute Gasteiger partial charge is 0.329 e. The first kappa shape index (κ1) is 18.9. The topological polar surface area (TPSA) is 102 Å². The quantitative estimate of drug-likeness (QED) is 0.561. The molecular formula is C19H26N6O2. The summed E-state index contributed by atoms with van der Waals surface area (Å²) in [6.07, 6.45) is 2.28. The van der Waals surface area contributed by atoms with Crippen molar-refractivity contribution in [3.05, 3.63) is 46.6 Å². The Labute approximate surface area is 158 Å². The van der Waals surface area contributed by atoms with Crippen molar-refractivity contribution in [2.24, 2.45) is 0 Å². The molecule has 0 aliphatic carbocycles. The number of aromatic nitrogens is 2. The maximum absolute atomic E-state index is 12.3. The highest BCUT2D eigenvalue weighted by Crippen LogP contribution is 2.25. The van der Waals surface area contributed by atoms with Gasteiger partial charge in [0.1, 0.15) is 0 Å². The van der Waals surface area contributed by atoms with E-state index in [1.807, 2.05) is 31.2 Å². The number of fused-ring (bicyclic) bond motifs is 1. The number of urea groups is 1. The molecule has 144 valence electrons. The number of anilines is 1. The molecule has 0 fully saturated rings. The van der Waals surface area contributed by atoms with Gasteiger partial charge in [0.25, 0.3) is 0 Å². The summed E-state index contributed by atoms with van der Waals surface area (Å²) < 4.78 is 0. The number of carbonyl (C=O) groups excluding carboxylic acids is 2. The summed E-state index contributed by atoms with van der Waals surface area (Å²) in [7, 11) is 0. The molecule has 3 amide bonds. The van der Waals surface area contributed by atoms with Crippen LogP contribution in [-0.2, 0) is 24.3 Å². The largest absolute Gasteiger partial charge is 0.337 e. The van der Waals surface area contributed by atoms with Crippen LogP contribution < -0.4 is 16.1 Å². The molecule has 1 aliphatic heterocycles. The van der Waals surface area contributed by atoms with Crippen LogP contribution in [0.15, 0.2) is 24.3 Å². The molecule has 27 heavy (non-hydrogen) atoms. The highest BCUT2D eigenvalue weighted by atomic mass is 16.2. The van der Waals surface area contributed by atoms with Gasteiger partial charge in [-0.15, -0.1) is 0 Å². The fraction of sp³-hybridized carbons (Fsp3) is 0.421. The van der Waals surface area contributed by atoms with Crippen molar-refractivity contribution in [2.45, 2.75) is 46.2 Å². The molecule has 1 aromatic carbocycles. The molecule has 4 N–H and O–H groups in total. The Hall–Kier alpha value is -2.87. The van der Waals surface area contributed by atoms with E-state index in [1.54, 1.807) is 5.01 Å². The van der Waals surface area contributed by atoms with Crippen LogP contribution in [0.5, 0.6) is 0 Å². The van der Waals surface area contributed by atoms with Crippen molar-refractivity contribution in [1.29, 1.82) is 0 Å². The van der Waals surface area contributed by atoms with E-state index >= 15 is 0 Å². The summed E-state index contributed by atoms with van der Waals surface area (Å²) >= 11 is 0. The van der Waals surface area contributed by atoms with Gasteiger partial charge in [0, 0.05) is 18.7 Å². The number of rotatable bonds is 7. The fourth-order valence-corrected chi connectivity index (χ4v) is 3.07. The van der Waals surface area contributed by atoms with Gasteiger partial charge < -0.3 is 10.6 Å². The molecule has 2 heterocycles. The lowest BCUT2D eigenvalue weighted by atomic mass is 10.1. The number of aromatic amines is 1. The number of H-pyrrole nitrogens is 1. The number of hydrogen-bond acceptors (Lipinski definition) is 4. The van der Waals surface area contributed by atoms with E-state index < -0.39 is 0 Å². The average Bonchev–Trinajstić information content (AvgIpc) is 3.16. The molecule has 3 rings (SSSR count). The van der Waals surface area contributed by atoms with Crippen LogP contribution in [0.25, 0.3) is 0 Å². The number of benzene rings is 1. The Kier molecular flexibility index (Phi) is 6.08. The maximum Gasteiger partial charge on any atom is 0.329 e. The van der Waals surface area contributed by atoms with Gasteiger partial charge in [0.05, 0.1) is 18.7 Å². The minimum Gasteiger partial charge on any atom is -0.337 e. The second-order valence-corrected chi connectivity index (χ2v) is 6.82. The van der Waals surface area contributed by atoms with Gasteiger partial charge >= 0.3 is 6.03 Å². The molecule has 1 aromatic heterocycles. The van der Waals surface area contributed by atoms with Crippen LogP contribution in [-0.4, -0.2) is 33.7 Å². The van der Waals surface area contributed by atoms with E-state index in [0.717, 1.165) is 35.2 Å². The van der Waals surface area contributed by atoms with Crippen molar-refractivity contribution < 1.29 is 9.59 Å². The van der Waals surface area contributed by atoms with E-state index in [1.165, 1.54) is 0 Å². The number of nitrogens with zero attached hydrogens (tertiary/aromatic N) is 2. The molecule has 0 saturated heterocycles. The molecule has 0 unspecified atom stereocenters. The van der Waals surface area contributed by atoms with Crippen LogP contribution in [0.3, 0.4) is 0 Å². The Balaban J connectivity index is 1.53. The number of hydrazine groups is 1. The number of hydrogen-bond donors (Lipinski definition) is 4. The van der Waals surface area contributed by atoms with E-state index in [0.29, 0.717) is 31.9 Å². The molecular weight excluding hydrogens is 344 g/mol. The molecule has 0 bridgehead atoms. The Morgan fingerprint density at radius 1 is 1.30 bits per heavy atom. The van der Waals surface area contributed by atoms with Gasteiger partial charge in [-0.1, -0.05) is 43.2 Å². The SMILES string of the molecule is CCCCNC(=O)NN1Cc2[nH]nc(NC(=O)Cc3cccc(C)c3)c2C1. The van der Waals surface area contributed by atoms with Crippen molar-refractivity contribution >= 4 is 17.8 Å². The minimum atomic E-state index is -0.216. The van der Waals surface area contributed by atoms with Crippen LogP contribution in [0.2, 0.25) is 0 Å². The van der Waals surface area contributed by atoms with Gasteiger partial charge in [0.2, 0.25) is 5.91 Å². The molecule has 0 spiro atoms. The molecule has 8 nitrogen and oxygen atoms in total. The zero-order valence-corrected chi connectivity index (χ0v) is 15.8. The lowest BCUT2D eigenvalue weighted by molar-refractivity contribution is -0.115. The van der Waals surface area contributed by atoms with Crippen molar-refractivity contribution in [3.8, 4) is 0 Å². The van der Waals surface area contributed by atoms with Crippen LogP contribution >= 0.6 is 0 Å². The number of carbonyl (C=O) groups is 2. The minimum absolute atomic E-state index is 0.112. The van der Waals surface area contributed by atoms with Crippen molar-refractivity contribution in [3.63, 3.8) is 0 Å². The predicted octanol–water partition coefficient (Wildman–Crippen LogP) is 2.23. The van der Waals surface area contributed by atoms with Crippen molar-refractivity contribution in [2.75, 3.05) is 11.9 Å². The van der Waals surface area contributed by atoms with E-state index in [9.17, 15) is 9.59 Å². The van der Waals surface area contributed by atoms with E-state index in [2.05, 4.69) is 33.2 Å². The van der Waals surface area contributed by atoms with Crippen LogP contribution in [0, 0.1) is 6.92 Å². The summed E-state index contributed by atoms with van der Waals surface area (Å²) in [5, 5.41) is 14.6. The highest BCUT2D eigenvalue weighted by molar-refractivity contribution is 5.92. The Bertz CT molecular complexity index is 816. The first-order valence-corrected chi connectivity index (χ1v) is 9.26. The predicted molar refractivity (Wildman–Crippen MR) is 103 cm³/mol. The number of aryl methyl sites for hydroxylation is 1. The average molecular weight is 370 g/mol. The zero-order valence-electron chi connectivity index (χ0n) is 15.8. The zero-order chi connectivity index (χ0) is 19.2. The lowest BCUT2D eigenvalue weighted by Gasteiger charge is -2.17. The van der Waals surface area contributed by atoms with Crippen LogP contribution in [0.4, 0.5) is 10.6 Å². The Morgan fingerprint density at radius 3 is 2.93 bits per heavy atom. The third-order valence-electron chi connectivity index (χ3n) is 4.43. The normalized spacial score (nSPS) is 13.3. The van der Waals surface area contributed by atoms with Gasteiger partial charge in [-0.3, -0.25) is 15.3 Å². The summed E-state index contributed by atoms with van der Waals surface area (Å²) in [4.78, 5) is 24.2. The third-order valence-corrected chi connectivity index (χ3v) is 4.43. The van der Waals surface area contributed by atoms with E-state index in [-0.39, 0.29) is 11.9 Å². The van der Waals surface area contributed by atoms with Crippen molar-refractivity contribution in [1.82, 2.24) is 25.9 Å². The molecule has 1 aliphatic rings. The summed E-state index contributed by atoms with van der Waals surface area (Å²) in [6, 6.07) is 7.66. The van der Waals surface area contributed by atoms with E-state index in [4.69, 9.17) is 0 Å².